The molecular formula is H2B2O15. The third-order valence-electron chi connectivity index (χ3n) is 0.497. The van der Waals surface area contributed by atoms with Crippen LogP contribution >= 0.6 is 0 Å². The van der Waals surface area contributed by atoms with Gasteiger partial charge in [-0.15, -0.1) is 0 Å². The summed E-state index contributed by atoms with van der Waals surface area (Å²) in [7, 11) is 0.994. The highest BCUT2D eigenvalue weighted by molar-refractivity contribution is 6.33. The standard InChI is InChI=1S/B2H2O15/c3-8-6-1-5-2-7-10-12-14-16-17-15-13-11-9-4/h3-4H. The van der Waals surface area contributed by atoms with Crippen molar-refractivity contribution in [3.8, 4) is 0 Å². The van der Waals surface area contributed by atoms with E-state index in [0.717, 1.165) is 0 Å². The molecule has 17 heteroatoms. The second-order valence-corrected chi connectivity index (χ2v) is 1.21. The van der Waals surface area contributed by atoms with Crippen LogP contribution in [0.3, 0.4) is 0 Å². The van der Waals surface area contributed by atoms with E-state index in [2.05, 4.69) is 64.6 Å². The van der Waals surface area contributed by atoms with Crippen molar-refractivity contribution in [2.45, 2.75) is 0 Å². The molecule has 0 unspecified atom stereocenters. The summed E-state index contributed by atoms with van der Waals surface area (Å²) in [5, 5.41) is 48.8. The molecule has 0 heterocycles. The van der Waals surface area contributed by atoms with Gasteiger partial charge in [0.1, 0.15) is 0 Å². The van der Waals surface area contributed by atoms with Gasteiger partial charge in [-0.3, -0.25) is 0 Å². The highest BCUT2D eigenvalue weighted by atomic mass is 17.9. The lowest BCUT2D eigenvalue weighted by Crippen LogP contribution is -2.12. The number of hydrogen-bond donors (Lipinski definition) is 2. The summed E-state index contributed by atoms with van der Waals surface area (Å²) in [5.74, 6) is 0. The molecule has 17 heavy (non-hydrogen) atoms. The van der Waals surface area contributed by atoms with Crippen molar-refractivity contribution >= 4 is 15.4 Å². The molecule has 0 amide bonds. The van der Waals surface area contributed by atoms with Crippen LogP contribution in [0.4, 0.5) is 0 Å². The van der Waals surface area contributed by atoms with Crippen LogP contribution in [0.5, 0.6) is 0 Å². The van der Waals surface area contributed by atoms with E-state index in [1.807, 2.05) is 0 Å². The minimum absolute atomic E-state index is 0.495. The zero-order valence-corrected chi connectivity index (χ0v) is 7.36. The quantitative estimate of drug-likeness (QED) is 0.159. The zero-order chi connectivity index (χ0) is 12.6. The first kappa shape index (κ1) is 16.5. The molecule has 15 nitrogen and oxygen atoms in total. The summed E-state index contributed by atoms with van der Waals surface area (Å²) < 4.78 is 4.14. The molecule has 0 aliphatic heterocycles. The predicted molar refractivity (Wildman–Crippen MR) is 30.9 cm³/mol. The summed E-state index contributed by atoms with van der Waals surface area (Å²) in [5.41, 5.74) is 0. The van der Waals surface area contributed by atoms with E-state index in [1.54, 1.807) is 0 Å². The maximum atomic E-state index is 7.60. The Labute approximate surface area is 91.7 Å². The third-order valence-corrected chi connectivity index (χ3v) is 0.497. The van der Waals surface area contributed by atoms with Gasteiger partial charge in [-0.05, 0) is 45.3 Å². The van der Waals surface area contributed by atoms with Crippen molar-refractivity contribution in [1.29, 1.82) is 0 Å². The second-order valence-electron chi connectivity index (χ2n) is 1.21. The highest BCUT2D eigenvalue weighted by Crippen LogP contribution is 1.89. The van der Waals surface area contributed by atoms with E-state index in [1.165, 1.54) is 0 Å². The Morgan fingerprint density at radius 2 is 1.06 bits per heavy atom. The Hall–Kier alpha value is -0.470. The van der Waals surface area contributed by atoms with E-state index in [-0.39, 0.29) is 0 Å². The molecule has 0 aliphatic rings. The van der Waals surface area contributed by atoms with E-state index in [4.69, 9.17) is 10.5 Å². The molecule has 0 spiro atoms. The molecule has 98 valence electrons. The predicted octanol–water partition coefficient (Wildman–Crippen LogP) is -1.63. The lowest BCUT2D eigenvalue weighted by atomic mass is 10.3. The Morgan fingerprint density at radius 3 is 1.65 bits per heavy atom. The average molecular weight is 264 g/mol. The molecule has 0 saturated carbocycles. The van der Waals surface area contributed by atoms with Crippen molar-refractivity contribution in [3.05, 3.63) is 0 Å². The Kier molecular flexibility index (Phi) is 15.1. The molecule has 0 aromatic rings. The van der Waals surface area contributed by atoms with Gasteiger partial charge in [0.25, 0.3) is 0 Å². The number of rotatable bonds is 14. The van der Waals surface area contributed by atoms with Crippen molar-refractivity contribution < 1.29 is 75.1 Å². The normalized spacial score (nSPS) is 10.5. The van der Waals surface area contributed by atoms with Crippen molar-refractivity contribution in [2.75, 3.05) is 0 Å². The zero-order valence-electron chi connectivity index (χ0n) is 7.36. The third kappa shape index (κ3) is 15.5. The molecule has 0 rings (SSSR count). The fraction of sp³-hybridized carbons (Fsp3) is 0. The topological polar surface area (TPSA) is 160 Å². The average Bonchev–Trinajstić information content (AvgIpc) is 2.35. The van der Waals surface area contributed by atoms with E-state index in [9.17, 15) is 0 Å². The fourth-order valence-corrected chi connectivity index (χ4v) is 0.198. The van der Waals surface area contributed by atoms with Crippen LogP contribution in [0.1, 0.15) is 0 Å². The summed E-state index contributed by atoms with van der Waals surface area (Å²) in [4.78, 5) is 7.58. The van der Waals surface area contributed by atoms with Crippen LogP contribution in [0.2, 0.25) is 0 Å². The Bertz CT molecular complexity index is 112. The van der Waals surface area contributed by atoms with Crippen LogP contribution in [0.15, 0.2) is 0 Å². The molecular weight excluding hydrogens is 262 g/mol. The summed E-state index contributed by atoms with van der Waals surface area (Å²) >= 11 is 0. The molecule has 2 radical (unpaired) electrons. The maximum absolute atomic E-state index is 7.60. The second kappa shape index (κ2) is 15.5. The molecule has 0 saturated heterocycles. The van der Waals surface area contributed by atoms with Crippen molar-refractivity contribution in [1.82, 2.24) is 0 Å². The van der Waals surface area contributed by atoms with Gasteiger partial charge in [0, 0.05) is 0 Å². The lowest BCUT2D eigenvalue weighted by molar-refractivity contribution is -0.852. The highest BCUT2D eigenvalue weighted by Gasteiger charge is 2.01. The smallest absolute Gasteiger partial charge is 0.452 e. The largest absolute Gasteiger partial charge is 0.514 e. The SMILES string of the molecule is OOO[B]O[B]OOOOOOOOOOO. The number of hydrogen-bond acceptors (Lipinski definition) is 15. The van der Waals surface area contributed by atoms with Crippen molar-refractivity contribution in [2.24, 2.45) is 0 Å². The van der Waals surface area contributed by atoms with Gasteiger partial charge < -0.3 is 4.57 Å². The summed E-state index contributed by atoms with van der Waals surface area (Å²) in [6.45, 7) is 0. The fourth-order valence-electron chi connectivity index (χ4n) is 0.198. The summed E-state index contributed by atoms with van der Waals surface area (Å²) in [6.07, 6.45) is 0. The monoisotopic (exact) mass is 264 g/mol. The molecule has 0 aromatic heterocycles. The van der Waals surface area contributed by atoms with Gasteiger partial charge in [0.05, 0.1) is 0 Å². The van der Waals surface area contributed by atoms with Gasteiger partial charge >= 0.3 is 15.4 Å². The van der Waals surface area contributed by atoms with Gasteiger partial charge in [-0.1, -0.05) is 5.04 Å². The molecule has 0 atom stereocenters. The van der Waals surface area contributed by atoms with Crippen LogP contribution in [-0.2, 0) is 64.6 Å². The van der Waals surface area contributed by atoms with E-state index >= 15 is 0 Å². The van der Waals surface area contributed by atoms with Gasteiger partial charge in [-0.25, -0.2) is 20.1 Å². The first-order valence-electron chi connectivity index (χ1n) is 2.97. The van der Waals surface area contributed by atoms with E-state index < -0.39 is 0 Å². The molecule has 0 aromatic carbocycles. The van der Waals surface area contributed by atoms with Crippen LogP contribution in [-0.4, -0.2) is 25.9 Å². The minimum atomic E-state index is 0.495. The first-order chi connectivity index (χ1) is 8.41. The van der Waals surface area contributed by atoms with Gasteiger partial charge in [0.15, 0.2) is 0 Å². The maximum Gasteiger partial charge on any atom is 0.514 e. The summed E-state index contributed by atoms with van der Waals surface area (Å²) in [6, 6.07) is 0. The van der Waals surface area contributed by atoms with Crippen LogP contribution < -0.4 is 0 Å². The van der Waals surface area contributed by atoms with Crippen LogP contribution in [0, 0.1) is 0 Å². The van der Waals surface area contributed by atoms with Gasteiger partial charge in [-0.2, -0.15) is 0 Å². The molecule has 0 fully saturated rings. The lowest BCUT2D eigenvalue weighted by Gasteiger charge is -1.99. The molecule has 0 aliphatic carbocycles. The van der Waals surface area contributed by atoms with Crippen LogP contribution in [0.25, 0.3) is 0 Å². The Balaban J connectivity index is 2.85. The molecule has 2 N–H and O–H groups in total. The molecule has 0 bridgehead atoms. The first-order valence-corrected chi connectivity index (χ1v) is 2.97. The van der Waals surface area contributed by atoms with Crippen molar-refractivity contribution in [3.63, 3.8) is 0 Å². The van der Waals surface area contributed by atoms with Gasteiger partial charge in [0.2, 0.25) is 0 Å². The van der Waals surface area contributed by atoms with E-state index in [0.29, 0.717) is 15.4 Å². The Morgan fingerprint density at radius 1 is 0.529 bits per heavy atom. The minimum Gasteiger partial charge on any atom is -0.452 e.